The third kappa shape index (κ3) is 3.74. The minimum absolute atomic E-state index is 0.182. The van der Waals surface area contributed by atoms with E-state index in [9.17, 15) is 4.79 Å². The molecule has 0 spiro atoms. The molecule has 0 aliphatic carbocycles. The van der Waals surface area contributed by atoms with Crippen molar-refractivity contribution in [3.63, 3.8) is 0 Å². The van der Waals surface area contributed by atoms with Crippen molar-refractivity contribution in [2.24, 2.45) is 0 Å². The van der Waals surface area contributed by atoms with E-state index in [1.54, 1.807) is 19.2 Å². The highest BCUT2D eigenvalue weighted by Crippen LogP contribution is 2.35. The van der Waals surface area contributed by atoms with Crippen LogP contribution in [0.3, 0.4) is 0 Å². The first-order valence-electron chi connectivity index (χ1n) is 6.37. The molecular formula is C16H15ClO4. The van der Waals surface area contributed by atoms with Crippen molar-refractivity contribution in [1.29, 1.82) is 0 Å². The van der Waals surface area contributed by atoms with Gasteiger partial charge in [0, 0.05) is 23.3 Å². The van der Waals surface area contributed by atoms with Crippen molar-refractivity contribution in [3.8, 4) is 16.9 Å². The molecule has 5 heteroatoms. The van der Waals surface area contributed by atoms with Crippen molar-refractivity contribution < 1.29 is 19.4 Å². The second-order valence-corrected chi connectivity index (χ2v) is 4.74. The van der Waals surface area contributed by atoms with Crippen molar-refractivity contribution in [1.82, 2.24) is 0 Å². The second-order valence-electron chi connectivity index (χ2n) is 4.34. The molecule has 0 heterocycles. The van der Waals surface area contributed by atoms with E-state index < -0.39 is 5.97 Å². The van der Waals surface area contributed by atoms with Gasteiger partial charge in [-0.15, -0.1) is 0 Å². The monoisotopic (exact) mass is 306 g/mol. The van der Waals surface area contributed by atoms with E-state index in [0.717, 1.165) is 5.56 Å². The van der Waals surface area contributed by atoms with Crippen LogP contribution in [0.15, 0.2) is 42.5 Å². The van der Waals surface area contributed by atoms with Gasteiger partial charge in [-0.05, 0) is 24.3 Å². The van der Waals surface area contributed by atoms with E-state index in [0.29, 0.717) is 29.5 Å². The van der Waals surface area contributed by atoms with Crippen molar-refractivity contribution in [2.45, 2.75) is 0 Å². The van der Waals surface area contributed by atoms with E-state index in [4.69, 9.17) is 26.2 Å². The average molecular weight is 307 g/mol. The maximum atomic E-state index is 11.1. The number of ether oxygens (including phenoxy) is 2. The molecule has 2 aromatic rings. The van der Waals surface area contributed by atoms with E-state index >= 15 is 0 Å². The average Bonchev–Trinajstić information content (AvgIpc) is 2.48. The number of carboxylic acid groups (broad SMARTS) is 1. The van der Waals surface area contributed by atoms with Crippen molar-refractivity contribution in [3.05, 3.63) is 53.1 Å². The molecular weight excluding hydrogens is 292 g/mol. The number of carbonyl (C=O) groups is 1. The molecule has 0 radical (unpaired) electrons. The molecule has 0 aliphatic heterocycles. The highest BCUT2D eigenvalue weighted by molar-refractivity contribution is 6.33. The highest BCUT2D eigenvalue weighted by atomic mass is 35.5. The van der Waals surface area contributed by atoms with Gasteiger partial charge in [-0.3, -0.25) is 0 Å². The lowest BCUT2D eigenvalue weighted by molar-refractivity contribution is 0.0697. The van der Waals surface area contributed by atoms with Gasteiger partial charge in [-0.25, -0.2) is 4.79 Å². The van der Waals surface area contributed by atoms with Crippen LogP contribution in [0.5, 0.6) is 5.75 Å². The van der Waals surface area contributed by atoms with Crippen LogP contribution in [0, 0.1) is 0 Å². The van der Waals surface area contributed by atoms with Crippen LogP contribution in [0.4, 0.5) is 0 Å². The van der Waals surface area contributed by atoms with Gasteiger partial charge in [0.2, 0.25) is 0 Å². The lowest BCUT2D eigenvalue weighted by Gasteiger charge is -2.13. The number of hydrogen-bond acceptors (Lipinski definition) is 3. The van der Waals surface area contributed by atoms with Crippen molar-refractivity contribution in [2.75, 3.05) is 20.3 Å². The standard InChI is InChI=1S/C16H15ClO4/c1-20-8-9-21-15-5-3-2-4-12(15)13-10-11(16(18)19)6-7-14(13)17/h2-7,10H,8-9H2,1H3,(H,18,19). The van der Waals surface area contributed by atoms with Crippen LogP contribution in [-0.2, 0) is 4.74 Å². The Morgan fingerprint density at radius 1 is 1.14 bits per heavy atom. The molecule has 0 aliphatic rings. The van der Waals surface area contributed by atoms with E-state index in [1.165, 1.54) is 6.07 Å². The normalized spacial score (nSPS) is 10.4. The van der Waals surface area contributed by atoms with Gasteiger partial charge in [0.15, 0.2) is 0 Å². The first-order chi connectivity index (χ1) is 10.1. The lowest BCUT2D eigenvalue weighted by Crippen LogP contribution is -2.05. The molecule has 2 rings (SSSR count). The topological polar surface area (TPSA) is 55.8 Å². The summed E-state index contributed by atoms with van der Waals surface area (Å²) >= 11 is 6.20. The van der Waals surface area contributed by atoms with Crippen LogP contribution >= 0.6 is 11.6 Å². The molecule has 0 bridgehead atoms. The predicted molar refractivity (Wildman–Crippen MR) is 81.2 cm³/mol. The van der Waals surface area contributed by atoms with Crippen LogP contribution < -0.4 is 4.74 Å². The van der Waals surface area contributed by atoms with Gasteiger partial charge in [-0.1, -0.05) is 29.8 Å². The van der Waals surface area contributed by atoms with Crippen molar-refractivity contribution >= 4 is 17.6 Å². The molecule has 0 saturated carbocycles. The Morgan fingerprint density at radius 2 is 1.90 bits per heavy atom. The maximum absolute atomic E-state index is 11.1. The summed E-state index contributed by atoms with van der Waals surface area (Å²) in [6.45, 7) is 0.876. The largest absolute Gasteiger partial charge is 0.491 e. The molecule has 1 N–H and O–H groups in total. The number of rotatable bonds is 6. The summed E-state index contributed by atoms with van der Waals surface area (Å²) in [4.78, 5) is 11.1. The number of hydrogen-bond donors (Lipinski definition) is 1. The maximum Gasteiger partial charge on any atom is 0.335 e. The minimum atomic E-state index is -0.995. The SMILES string of the molecule is COCCOc1ccccc1-c1cc(C(=O)O)ccc1Cl. The van der Waals surface area contributed by atoms with Gasteiger partial charge >= 0.3 is 5.97 Å². The van der Waals surface area contributed by atoms with Gasteiger partial charge < -0.3 is 14.6 Å². The summed E-state index contributed by atoms with van der Waals surface area (Å²) in [6.07, 6.45) is 0. The molecule has 0 saturated heterocycles. The third-order valence-electron chi connectivity index (χ3n) is 2.94. The number of carboxylic acids is 1. The number of benzene rings is 2. The van der Waals surface area contributed by atoms with Gasteiger partial charge in [-0.2, -0.15) is 0 Å². The molecule has 0 atom stereocenters. The first-order valence-corrected chi connectivity index (χ1v) is 6.75. The Morgan fingerprint density at radius 3 is 2.62 bits per heavy atom. The zero-order valence-electron chi connectivity index (χ0n) is 11.5. The molecule has 0 amide bonds. The summed E-state index contributed by atoms with van der Waals surface area (Å²) in [5, 5.41) is 9.57. The van der Waals surface area contributed by atoms with Gasteiger partial charge in [0.25, 0.3) is 0 Å². The number of methoxy groups -OCH3 is 1. The Hall–Kier alpha value is -2.04. The molecule has 0 unspecified atom stereocenters. The smallest absolute Gasteiger partial charge is 0.335 e. The Labute approximate surface area is 127 Å². The van der Waals surface area contributed by atoms with Gasteiger partial charge in [0.1, 0.15) is 12.4 Å². The van der Waals surface area contributed by atoms with Gasteiger partial charge in [0.05, 0.1) is 12.2 Å². The summed E-state index contributed by atoms with van der Waals surface area (Å²) in [7, 11) is 1.60. The van der Waals surface area contributed by atoms with Crippen LogP contribution in [0.2, 0.25) is 5.02 Å². The zero-order chi connectivity index (χ0) is 15.2. The quantitative estimate of drug-likeness (QED) is 0.826. The van der Waals surface area contributed by atoms with Crippen LogP contribution in [-0.4, -0.2) is 31.4 Å². The van der Waals surface area contributed by atoms with E-state index in [-0.39, 0.29) is 5.56 Å². The Balaban J connectivity index is 2.41. The molecule has 2 aromatic carbocycles. The number of para-hydroxylation sites is 1. The molecule has 21 heavy (non-hydrogen) atoms. The zero-order valence-corrected chi connectivity index (χ0v) is 12.3. The third-order valence-corrected chi connectivity index (χ3v) is 3.27. The predicted octanol–water partition coefficient (Wildman–Crippen LogP) is 3.73. The number of halogens is 1. The fraction of sp³-hybridized carbons (Fsp3) is 0.188. The first kappa shape index (κ1) is 15.4. The molecule has 110 valence electrons. The molecule has 4 nitrogen and oxygen atoms in total. The fourth-order valence-corrected chi connectivity index (χ4v) is 2.13. The summed E-state index contributed by atoms with van der Waals surface area (Å²) in [5.41, 5.74) is 1.56. The minimum Gasteiger partial charge on any atom is -0.491 e. The molecule has 0 fully saturated rings. The number of aromatic carboxylic acids is 1. The van der Waals surface area contributed by atoms with Crippen LogP contribution in [0.25, 0.3) is 11.1 Å². The fourth-order valence-electron chi connectivity index (χ4n) is 1.91. The molecule has 0 aromatic heterocycles. The Kier molecular flexibility index (Phi) is 5.20. The van der Waals surface area contributed by atoms with E-state index in [1.807, 2.05) is 24.3 Å². The van der Waals surface area contributed by atoms with E-state index in [2.05, 4.69) is 0 Å². The summed E-state index contributed by atoms with van der Waals surface area (Å²) < 4.78 is 10.6. The lowest BCUT2D eigenvalue weighted by atomic mass is 10.0. The second kappa shape index (κ2) is 7.11. The summed E-state index contributed by atoms with van der Waals surface area (Å²) in [5.74, 6) is -0.357. The van der Waals surface area contributed by atoms with Crippen LogP contribution in [0.1, 0.15) is 10.4 Å². The Bertz CT molecular complexity index is 640. The summed E-state index contributed by atoms with van der Waals surface area (Å²) in [6, 6.07) is 11.9. The highest BCUT2D eigenvalue weighted by Gasteiger charge is 2.12.